The number of carbonyl (C=O) groups is 2. The van der Waals surface area contributed by atoms with Crippen molar-refractivity contribution in [2.45, 2.75) is 32.4 Å². The second-order valence-corrected chi connectivity index (χ2v) is 9.55. The summed E-state index contributed by atoms with van der Waals surface area (Å²) in [5.41, 5.74) is 1.75. The SMILES string of the molecule is CCOC(=O)Oc1sc(N2CC[C@@H](NC(=O)c3[nH]c(C)c(Cl)c3Cl)[C@@H](OC)C2)nc1-c1ccncn1. The fourth-order valence-electron chi connectivity index (χ4n) is 3.78. The molecule has 1 saturated heterocycles. The molecule has 36 heavy (non-hydrogen) atoms. The van der Waals surface area contributed by atoms with Crippen molar-refractivity contribution in [2.75, 3.05) is 31.7 Å². The van der Waals surface area contributed by atoms with E-state index in [1.54, 1.807) is 33.2 Å². The van der Waals surface area contributed by atoms with E-state index >= 15 is 0 Å². The summed E-state index contributed by atoms with van der Waals surface area (Å²) in [6.07, 6.45) is 2.39. The number of methoxy groups -OCH3 is 1. The third kappa shape index (κ3) is 5.56. The van der Waals surface area contributed by atoms with Gasteiger partial charge in [0, 0.05) is 32.1 Å². The van der Waals surface area contributed by atoms with Crippen LogP contribution in [0.15, 0.2) is 18.6 Å². The smallest absolute Gasteiger partial charge is 0.434 e. The third-order valence-electron chi connectivity index (χ3n) is 5.58. The molecule has 0 radical (unpaired) electrons. The van der Waals surface area contributed by atoms with Crippen LogP contribution in [0.2, 0.25) is 10.0 Å². The Bertz CT molecular complexity index is 1240. The first-order valence-electron chi connectivity index (χ1n) is 11.1. The van der Waals surface area contributed by atoms with Gasteiger partial charge in [0.25, 0.3) is 5.91 Å². The van der Waals surface area contributed by atoms with Gasteiger partial charge in [-0.25, -0.2) is 19.7 Å². The Morgan fingerprint density at radius 1 is 1.33 bits per heavy atom. The highest BCUT2D eigenvalue weighted by molar-refractivity contribution is 7.18. The molecule has 4 heterocycles. The number of aryl methyl sites for hydroxylation is 1. The molecular weight excluding hydrogens is 531 g/mol. The molecular formula is C22H24Cl2N6O5S. The van der Waals surface area contributed by atoms with Gasteiger partial charge in [0.1, 0.15) is 17.7 Å². The molecule has 1 aliphatic heterocycles. The van der Waals surface area contributed by atoms with Crippen LogP contribution in [0.3, 0.4) is 0 Å². The van der Waals surface area contributed by atoms with E-state index in [2.05, 4.69) is 25.3 Å². The Balaban J connectivity index is 1.51. The molecule has 3 aromatic rings. The average molecular weight is 555 g/mol. The zero-order valence-electron chi connectivity index (χ0n) is 19.7. The highest BCUT2D eigenvalue weighted by Gasteiger charge is 2.34. The lowest BCUT2D eigenvalue weighted by molar-refractivity contribution is 0.0540. The number of hydrogen-bond donors (Lipinski definition) is 2. The van der Waals surface area contributed by atoms with Crippen molar-refractivity contribution >= 4 is 51.7 Å². The number of aromatic amines is 1. The first-order valence-corrected chi connectivity index (χ1v) is 12.6. The zero-order valence-corrected chi connectivity index (χ0v) is 22.0. The summed E-state index contributed by atoms with van der Waals surface area (Å²) in [5, 5.41) is 4.38. The van der Waals surface area contributed by atoms with Gasteiger partial charge in [0.15, 0.2) is 5.13 Å². The lowest BCUT2D eigenvalue weighted by Crippen LogP contribution is -2.55. The highest BCUT2D eigenvalue weighted by Crippen LogP contribution is 2.40. The van der Waals surface area contributed by atoms with Gasteiger partial charge in [0.2, 0.25) is 5.06 Å². The molecule has 0 aromatic carbocycles. The molecule has 3 aromatic heterocycles. The Morgan fingerprint density at radius 2 is 2.14 bits per heavy atom. The number of aromatic nitrogens is 4. The normalized spacial score (nSPS) is 17.6. The number of halogens is 2. The van der Waals surface area contributed by atoms with Crippen molar-refractivity contribution in [1.82, 2.24) is 25.3 Å². The van der Waals surface area contributed by atoms with Gasteiger partial charge in [-0.3, -0.25) is 4.79 Å². The van der Waals surface area contributed by atoms with Gasteiger partial charge in [-0.15, -0.1) is 0 Å². The summed E-state index contributed by atoms with van der Waals surface area (Å²) >= 11 is 13.5. The molecule has 14 heteroatoms. The van der Waals surface area contributed by atoms with Gasteiger partial charge in [-0.2, -0.15) is 0 Å². The maximum Gasteiger partial charge on any atom is 0.514 e. The summed E-state index contributed by atoms with van der Waals surface area (Å²) < 4.78 is 16.0. The Kier molecular flexibility index (Phi) is 8.29. The van der Waals surface area contributed by atoms with Crippen LogP contribution in [0.25, 0.3) is 11.4 Å². The van der Waals surface area contributed by atoms with E-state index in [9.17, 15) is 9.59 Å². The highest BCUT2D eigenvalue weighted by atomic mass is 35.5. The topological polar surface area (TPSA) is 132 Å². The molecule has 0 unspecified atom stereocenters. The first-order chi connectivity index (χ1) is 17.3. The number of amides is 1. The van der Waals surface area contributed by atoms with Crippen molar-refractivity contribution < 1.29 is 23.8 Å². The molecule has 0 spiro atoms. The summed E-state index contributed by atoms with van der Waals surface area (Å²) in [5.74, 6) is -0.360. The van der Waals surface area contributed by atoms with Gasteiger partial charge in [0.05, 0.1) is 34.5 Å². The van der Waals surface area contributed by atoms with Crippen LogP contribution in [0.4, 0.5) is 9.93 Å². The predicted molar refractivity (Wildman–Crippen MR) is 135 cm³/mol. The number of H-pyrrole nitrogens is 1. The van der Waals surface area contributed by atoms with Gasteiger partial charge < -0.3 is 29.4 Å². The number of nitrogens with zero attached hydrogens (tertiary/aromatic N) is 4. The molecule has 192 valence electrons. The predicted octanol–water partition coefficient (Wildman–Crippen LogP) is 4.10. The number of anilines is 1. The molecule has 11 nitrogen and oxygen atoms in total. The quantitative estimate of drug-likeness (QED) is 0.414. The van der Waals surface area contributed by atoms with E-state index in [-0.39, 0.29) is 40.4 Å². The van der Waals surface area contributed by atoms with Gasteiger partial charge in [-0.1, -0.05) is 34.5 Å². The van der Waals surface area contributed by atoms with Crippen LogP contribution in [-0.2, 0) is 9.47 Å². The van der Waals surface area contributed by atoms with Crippen LogP contribution in [0, 0.1) is 6.92 Å². The monoisotopic (exact) mass is 554 g/mol. The van der Waals surface area contributed by atoms with Crippen LogP contribution in [0.5, 0.6) is 5.06 Å². The molecule has 4 rings (SSSR count). The number of thiazole rings is 1. The maximum atomic E-state index is 12.8. The van der Waals surface area contributed by atoms with E-state index in [1.807, 2.05) is 4.90 Å². The minimum atomic E-state index is -0.822. The van der Waals surface area contributed by atoms with Crippen molar-refractivity contribution in [1.29, 1.82) is 0 Å². The number of rotatable bonds is 7. The second kappa shape index (κ2) is 11.4. The summed E-state index contributed by atoms with van der Waals surface area (Å²) in [6, 6.07) is 1.41. The number of ether oxygens (including phenoxy) is 3. The standard InChI is InChI=1S/C22H24Cl2N6O5S/c1-4-34-22(32)35-20-17(13-5-7-25-10-26-13)29-21(36-20)30-8-6-12(14(9-30)33-3)28-19(31)18-16(24)15(23)11(2)27-18/h5,7,10,12,14,27H,4,6,8-9H2,1-3H3,(H,28,31)/t12-,14+/m1/s1. The van der Waals surface area contributed by atoms with E-state index < -0.39 is 6.16 Å². The summed E-state index contributed by atoms with van der Waals surface area (Å²) in [7, 11) is 1.58. The molecule has 2 N–H and O–H groups in total. The van der Waals surface area contributed by atoms with Crippen LogP contribution in [0.1, 0.15) is 29.5 Å². The fraction of sp³-hybridized carbons (Fsp3) is 0.409. The minimum absolute atomic E-state index is 0.182. The molecule has 2 atom stereocenters. The lowest BCUT2D eigenvalue weighted by atomic mass is 10.0. The van der Waals surface area contributed by atoms with E-state index in [0.29, 0.717) is 46.7 Å². The lowest BCUT2D eigenvalue weighted by Gasteiger charge is -2.37. The van der Waals surface area contributed by atoms with Gasteiger partial charge >= 0.3 is 6.16 Å². The largest absolute Gasteiger partial charge is 0.514 e. The third-order valence-corrected chi connectivity index (χ3v) is 7.52. The van der Waals surface area contributed by atoms with Crippen molar-refractivity contribution in [2.24, 2.45) is 0 Å². The van der Waals surface area contributed by atoms with E-state index in [4.69, 9.17) is 37.4 Å². The van der Waals surface area contributed by atoms with Crippen molar-refractivity contribution in [3.63, 3.8) is 0 Å². The molecule has 1 aliphatic rings. The number of nitrogens with one attached hydrogen (secondary N) is 2. The number of hydrogen-bond acceptors (Lipinski definition) is 10. The first kappa shape index (κ1) is 26.1. The Hall–Kier alpha value is -2.93. The molecule has 1 fully saturated rings. The van der Waals surface area contributed by atoms with Crippen LogP contribution < -0.4 is 15.0 Å². The zero-order chi connectivity index (χ0) is 25.8. The fourth-order valence-corrected chi connectivity index (χ4v) is 5.15. The molecule has 0 bridgehead atoms. The Labute approximate surface area is 221 Å². The molecule has 1 amide bonds. The summed E-state index contributed by atoms with van der Waals surface area (Å²) in [4.78, 5) is 42.6. The van der Waals surface area contributed by atoms with Crippen molar-refractivity contribution in [3.8, 4) is 16.5 Å². The molecule has 0 aliphatic carbocycles. The number of carbonyl (C=O) groups excluding carboxylic acids is 2. The summed E-state index contributed by atoms with van der Waals surface area (Å²) in [6.45, 7) is 4.62. The molecule has 0 saturated carbocycles. The Morgan fingerprint density at radius 3 is 2.78 bits per heavy atom. The van der Waals surface area contributed by atoms with E-state index in [0.717, 1.165) is 0 Å². The second-order valence-electron chi connectivity index (χ2n) is 7.85. The van der Waals surface area contributed by atoms with Crippen molar-refractivity contribution in [3.05, 3.63) is 40.0 Å². The maximum absolute atomic E-state index is 12.8. The average Bonchev–Trinajstić information content (AvgIpc) is 3.41. The van der Waals surface area contributed by atoms with Crippen LogP contribution in [-0.4, -0.2) is 71.0 Å². The van der Waals surface area contributed by atoms with Crippen LogP contribution >= 0.6 is 34.5 Å². The number of piperidine rings is 1. The van der Waals surface area contributed by atoms with E-state index in [1.165, 1.54) is 17.7 Å². The van der Waals surface area contributed by atoms with Gasteiger partial charge in [-0.05, 0) is 26.3 Å². The minimum Gasteiger partial charge on any atom is -0.434 e.